The molecule has 0 spiro atoms. The van der Waals surface area contributed by atoms with Crippen molar-refractivity contribution < 1.29 is 12.5 Å². The Morgan fingerprint density at radius 2 is 1.92 bits per heavy atom. The van der Waals surface area contributed by atoms with Gasteiger partial charge in [-0.3, -0.25) is 0 Å². The number of hydrogen-bond donors (Lipinski definition) is 2. The molecule has 0 aliphatic heterocycles. The molecule has 0 aromatic heterocycles. The minimum atomic E-state index is -3.34. The molecule has 0 aliphatic carbocycles. The fourth-order valence-corrected chi connectivity index (χ4v) is 2.76. The van der Waals surface area contributed by atoms with Gasteiger partial charge in [0.1, 0.15) is 4.90 Å². The van der Waals surface area contributed by atoms with Crippen molar-refractivity contribution in [2.45, 2.75) is 4.90 Å². The lowest BCUT2D eigenvalue weighted by Crippen LogP contribution is -2.76. The maximum atomic E-state index is 11.3. The maximum Gasteiger partial charge on any atom is 0.335 e. The van der Waals surface area contributed by atoms with Crippen molar-refractivity contribution in [3.05, 3.63) is 28.7 Å². The lowest BCUT2D eigenvalue weighted by atomic mass is 10.4. The smallest absolute Gasteiger partial charge is 0.178 e. The van der Waals surface area contributed by atoms with E-state index >= 15 is 0 Å². The summed E-state index contributed by atoms with van der Waals surface area (Å²) in [7, 11) is -3.34. The summed E-state index contributed by atoms with van der Waals surface area (Å²) in [6.45, 7) is 0. The van der Waals surface area contributed by atoms with Gasteiger partial charge >= 0.3 is 10.0 Å². The van der Waals surface area contributed by atoms with Crippen LogP contribution < -0.4 is 4.13 Å². The summed E-state index contributed by atoms with van der Waals surface area (Å²) < 4.78 is 24.0. The van der Waals surface area contributed by atoms with Gasteiger partial charge in [0.2, 0.25) is 0 Å². The van der Waals surface area contributed by atoms with Crippen molar-refractivity contribution in [2.75, 3.05) is 0 Å². The zero-order valence-electron chi connectivity index (χ0n) is 5.94. The van der Waals surface area contributed by atoms with Crippen LogP contribution in [0.5, 0.6) is 0 Å². The Kier molecular flexibility index (Phi) is 3.16. The largest absolute Gasteiger partial charge is 0.335 e. The Balaban J connectivity index is 3.30. The van der Waals surface area contributed by atoms with Crippen LogP contribution in [0.3, 0.4) is 0 Å². The van der Waals surface area contributed by atoms with Gasteiger partial charge in [0.25, 0.3) is 0 Å². The third-order valence-electron chi connectivity index (χ3n) is 1.28. The Bertz CT molecular complexity index is 377. The highest BCUT2D eigenvalue weighted by molar-refractivity contribution is 9.10. The van der Waals surface area contributed by atoms with Crippen LogP contribution in [0.2, 0.25) is 0 Å². The highest BCUT2D eigenvalue weighted by Gasteiger charge is 2.18. The molecular weight excluding hydrogens is 262 g/mol. The number of hydrogen-bond acceptors (Lipinski definition) is 3. The molecule has 1 aromatic rings. The molecule has 0 aliphatic rings. The SMILES string of the molecule is O=S(=O)([NH2+]S)c1ccccc1Br. The number of quaternary nitrogens is 1. The molecule has 2 N–H and O–H groups in total. The van der Waals surface area contributed by atoms with E-state index in [-0.39, 0.29) is 4.90 Å². The average Bonchev–Trinajstić information content (AvgIpc) is 2.05. The van der Waals surface area contributed by atoms with Gasteiger partial charge < -0.3 is 0 Å². The van der Waals surface area contributed by atoms with E-state index in [1.807, 2.05) is 0 Å². The van der Waals surface area contributed by atoms with E-state index in [4.69, 9.17) is 0 Å². The highest BCUT2D eigenvalue weighted by atomic mass is 79.9. The van der Waals surface area contributed by atoms with Crippen molar-refractivity contribution in [1.82, 2.24) is 0 Å². The molecule has 0 fully saturated rings. The Labute approximate surface area is 84.9 Å². The van der Waals surface area contributed by atoms with Crippen molar-refractivity contribution >= 4 is 38.8 Å². The molecule has 0 atom stereocenters. The lowest BCUT2D eigenvalue weighted by Gasteiger charge is -1.99. The maximum absolute atomic E-state index is 11.3. The number of nitrogens with two attached hydrogens (primary N) is 1. The van der Waals surface area contributed by atoms with E-state index in [9.17, 15) is 8.42 Å². The zero-order chi connectivity index (χ0) is 9.19. The molecule has 0 unspecified atom stereocenters. The van der Waals surface area contributed by atoms with Crippen LogP contribution in [-0.2, 0) is 10.0 Å². The summed E-state index contributed by atoms with van der Waals surface area (Å²) in [5.74, 6) is 0. The fraction of sp³-hybridized carbons (Fsp3) is 0. The van der Waals surface area contributed by atoms with Gasteiger partial charge in [-0.05, 0) is 28.1 Å². The Morgan fingerprint density at radius 1 is 1.33 bits per heavy atom. The molecule has 0 radical (unpaired) electrons. The van der Waals surface area contributed by atoms with Crippen molar-refractivity contribution in [3.63, 3.8) is 0 Å². The van der Waals surface area contributed by atoms with E-state index in [0.717, 1.165) is 4.13 Å². The molecule has 1 aromatic carbocycles. The summed E-state index contributed by atoms with van der Waals surface area (Å²) in [4.78, 5) is 0.236. The minimum absolute atomic E-state index is 0.236. The van der Waals surface area contributed by atoms with Crippen LogP contribution in [-0.4, -0.2) is 8.42 Å². The topological polar surface area (TPSA) is 50.8 Å². The van der Waals surface area contributed by atoms with Gasteiger partial charge in [-0.1, -0.05) is 12.1 Å². The summed E-state index contributed by atoms with van der Waals surface area (Å²) >= 11 is 6.77. The van der Waals surface area contributed by atoms with Crippen LogP contribution in [0.15, 0.2) is 33.6 Å². The molecular formula is C6H7BrNO2S2+. The van der Waals surface area contributed by atoms with Crippen LogP contribution in [0.4, 0.5) is 0 Å². The van der Waals surface area contributed by atoms with Crippen LogP contribution >= 0.6 is 28.7 Å². The van der Waals surface area contributed by atoms with Gasteiger partial charge in [-0.15, -0.1) is 0 Å². The van der Waals surface area contributed by atoms with E-state index in [1.165, 1.54) is 6.07 Å². The molecule has 0 saturated heterocycles. The highest BCUT2D eigenvalue weighted by Crippen LogP contribution is 2.18. The van der Waals surface area contributed by atoms with Crippen molar-refractivity contribution in [2.24, 2.45) is 0 Å². The summed E-state index contributed by atoms with van der Waals surface area (Å²) in [5, 5.41) is 0. The van der Waals surface area contributed by atoms with Gasteiger partial charge in [0.15, 0.2) is 0 Å². The van der Waals surface area contributed by atoms with E-state index in [2.05, 4.69) is 28.7 Å². The molecule has 1 rings (SSSR count). The van der Waals surface area contributed by atoms with Crippen LogP contribution in [0.25, 0.3) is 0 Å². The average molecular weight is 269 g/mol. The first-order valence-electron chi connectivity index (χ1n) is 3.05. The second-order valence-corrected chi connectivity index (χ2v) is 5.31. The molecule has 12 heavy (non-hydrogen) atoms. The standard InChI is InChI=1S/C6H6BrNO2S2/c7-5-3-1-2-4-6(5)12(9,10)8-11/h1-4,8,11H/p+1. The van der Waals surface area contributed by atoms with Gasteiger partial charge in [0, 0.05) is 4.47 Å². The second-order valence-electron chi connectivity index (χ2n) is 2.08. The predicted octanol–water partition coefficient (Wildman–Crippen LogP) is 0.546. The molecule has 0 bridgehead atoms. The lowest BCUT2D eigenvalue weighted by molar-refractivity contribution is -0.285. The fourth-order valence-electron chi connectivity index (χ4n) is 0.732. The third kappa shape index (κ3) is 2.01. The number of primary sulfonamides is 1. The molecule has 3 nitrogen and oxygen atoms in total. The van der Waals surface area contributed by atoms with E-state index in [0.29, 0.717) is 4.47 Å². The van der Waals surface area contributed by atoms with Crippen molar-refractivity contribution in [3.8, 4) is 0 Å². The molecule has 0 amide bonds. The summed E-state index contributed by atoms with van der Waals surface area (Å²) in [6, 6.07) is 6.60. The van der Waals surface area contributed by atoms with Gasteiger partial charge in [-0.2, -0.15) is 12.5 Å². The molecule has 0 saturated carbocycles. The predicted molar refractivity (Wildman–Crippen MR) is 52.2 cm³/mol. The first-order valence-corrected chi connectivity index (χ1v) is 5.90. The quantitative estimate of drug-likeness (QED) is 0.770. The number of benzene rings is 1. The Morgan fingerprint density at radius 3 is 2.42 bits per heavy atom. The minimum Gasteiger partial charge on any atom is -0.178 e. The first kappa shape index (κ1) is 10.0. The Hall–Kier alpha value is -0.0400. The molecule has 6 heteroatoms. The number of halogens is 1. The van der Waals surface area contributed by atoms with Gasteiger partial charge in [-0.25, -0.2) is 0 Å². The van der Waals surface area contributed by atoms with E-state index < -0.39 is 10.0 Å². The van der Waals surface area contributed by atoms with Gasteiger partial charge in [0.05, 0.1) is 12.8 Å². The number of rotatable bonds is 2. The zero-order valence-corrected chi connectivity index (χ0v) is 9.23. The summed E-state index contributed by atoms with van der Waals surface area (Å²) in [5.41, 5.74) is 0. The van der Waals surface area contributed by atoms with Crippen molar-refractivity contribution in [1.29, 1.82) is 0 Å². The van der Waals surface area contributed by atoms with Crippen LogP contribution in [0.1, 0.15) is 0 Å². The first-order chi connectivity index (χ1) is 5.58. The summed E-state index contributed by atoms with van der Waals surface area (Å²) in [6.07, 6.45) is 0. The van der Waals surface area contributed by atoms with Crippen LogP contribution in [0, 0.1) is 0 Å². The third-order valence-corrected chi connectivity index (χ3v) is 4.32. The number of thiol groups is 1. The number of sulfonamides is 1. The normalized spacial score (nSPS) is 11.5. The van der Waals surface area contributed by atoms with E-state index in [1.54, 1.807) is 18.2 Å². The monoisotopic (exact) mass is 268 g/mol. The second kappa shape index (κ2) is 3.78. The molecule has 0 heterocycles. The molecule has 66 valence electrons.